The molecule has 1 unspecified atom stereocenters. The molecule has 1 atom stereocenters. The highest BCUT2D eigenvalue weighted by Crippen LogP contribution is 2.30. The van der Waals surface area contributed by atoms with E-state index in [1.54, 1.807) is 6.07 Å². The first-order valence-corrected chi connectivity index (χ1v) is 7.46. The van der Waals surface area contributed by atoms with Crippen LogP contribution in [0.25, 0.3) is 0 Å². The van der Waals surface area contributed by atoms with Crippen molar-refractivity contribution in [2.24, 2.45) is 0 Å². The highest BCUT2D eigenvalue weighted by atomic mass is 19.1. The first kappa shape index (κ1) is 16.5. The summed E-state index contributed by atoms with van der Waals surface area (Å²) in [6.45, 7) is 0.425. The van der Waals surface area contributed by atoms with E-state index < -0.39 is 11.9 Å². The molecular weight excluding hydrogens is 283 g/mol. The molecule has 22 heavy (non-hydrogen) atoms. The van der Waals surface area contributed by atoms with Gasteiger partial charge in [-0.1, -0.05) is 30.3 Å². The van der Waals surface area contributed by atoms with Crippen LogP contribution in [-0.4, -0.2) is 16.8 Å². The summed E-state index contributed by atoms with van der Waals surface area (Å²) >= 11 is 0. The second-order valence-electron chi connectivity index (χ2n) is 5.19. The molecule has 2 aromatic carbocycles. The molecule has 0 amide bonds. The number of unbranched alkanes of at least 4 members (excludes halogenated alkanes) is 1. The Balaban J connectivity index is 2.06. The molecule has 0 aliphatic carbocycles. The summed E-state index contributed by atoms with van der Waals surface area (Å²) < 4.78 is 19.1. The minimum atomic E-state index is -0.724. The summed E-state index contributed by atoms with van der Waals surface area (Å²) in [5.41, 5.74) is 1.56. The van der Waals surface area contributed by atoms with Gasteiger partial charge in [0.15, 0.2) is 0 Å². The van der Waals surface area contributed by atoms with Crippen LogP contribution < -0.4 is 4.74 Å². The van der Waals surface area contributed by atoms with Crippen LogP contribution in [-0.2, 0) is 6.61 Å². The number of aliphatic hydroxyl groups excluding tert-OH is 2. The zero-order valence-electron chi connectivity index (χ0n) is 12.4. The third-order valence-electron chi connectivity index (χ3n) is 3.46. The molecule has 4 heteroatoms. The number of ether oxygens (including phenoxy) is 1. The van der Waals surface area contributed by atoms with Crippen LogP contribution in [0.3, 0.4) is 0 Å². The molecule has 0 fully saturated rings. The Morgan fingerprint density at radius 3 is 2.55 bits per heavy atom. The number of halogens is 1. The summed E-state index contributed by atoms with van der Waals surface area (Å²) in [7, 11) is 0. The lowest BCUT2D eigenvalue weighted by atomic mass is 10.0. The minimum absolute atomic E-state index is 0.105. The van der Waals surface area contributed by atoms with Crippen molar-refractivity contribution in [1.29, 1.82) is 0 Å². The van der Waals surface area contributed by atoms with Gasteiger partial charge in [-0.05, 0) is 37.0 Å². The third kappa shape index (κ3) is 4.83. The summed E-state index contributed by atoms with van der Waals surface area (Å²) in [6, 6.07) is 13.8. The predicted octanol–water partition coefficient (Wildman–Crippen LogP) is 3.60. The molecule has 0 bridgehead atoms. The molecule has 0 aromatic heterocycles. The molecule has 2 rings (SSSR count). The van der Waals surface area contributed by atoms with E-state index in [1.807, 2.05) is 30.3 Å². The van der Waals surface area contributed by atoms with Crippen molar-refractivity contribution in [3.8, 4) is 5.75 Å². The quantitative estimate of drug-likeness (QED) is 0.733. The second-order valence-corrected chi connectivity index (χ2v) is 5.19. The van der Waals surface area contributed by atoms with Gasteiger partial charge in [-0.25, -0.2) is 4.39 Å². The highest BCUT2D eigenvalue weighted by Gasteiger charge is 2.14. The van der Waals surface area contributed by atoms with Crippen LogP contribution in [0.15, 0.2) is 48.5 Å². The lowest BCUT2D eigenvalue weighted by Gasteiger charge is -2.16. The van der Waals surface area contributed by atoms with Gasteiger partial charge in [0, 0.05) is 18.2 Å². The number of hydrogen-bond acceptors (Lipinski definition) is 3. The van der Waals surface area contributed by atoms with Gasteiger partial charge >= 0.3 is 0 Å². The maximum Gasteiger partial charge on any atom is 0.128 e. The van der Waals surface area contributed by atoms with E-state index >= 15 is 0 Å². The van der Waals surface area contributed by atoms with Gasteiger partial charge in [0.25, 0.3) is 0 Å². The van der Waals surface area contributed by atoms with Crippen molar-refractivity contribution in [2.75, 3.05) is 6.61 Å². The normalized spacial score (nSPS) is 12.1. The molecule has 3 nitrogen and oxygen atoms in total. The number of benzene rings is 2. The van der Waals surface area contributed by atoms with E-state index in [0.29, 0.717) is 37.2 Å². The van der Waals surface area contributed by atoms with Gasteiger partial charge in [-0.2, -0.15) is 0 Å². The van der Waals surface area contributed by atoms with E-state index in [9.17, 15) is 9.50 Å². The van der Waals surface area contributed by atoms with Crippen LogP contribution in [0.1, 0.15) is 36.5 Å². The minimum Gasteiger partial charge on any atom is -0.488 e. The zero-order valence-corrected chi connectivity index (χ0v) is 12.4. The predicted molar refractivity (Wildman–Crippen MR) is 83.1 cm³/mol. The highest BCUT2D eigenvalue weighted by molar-refractivity contribution is 5.36. The summed E-state index contributed by atoms with van der Waals surface area (Å²) in [5, 5.41) is 19.0. The molecule has 0 aliphatic heterocycles. The first-order valence-electron chi connectivity index (χ1n) is 7.46. The summed E-state index contributed by atoms with van der Waals surface area (Å²) in [5.74, 6) is -0.0327. The zero-order chi connectivity index (χ0) is 15.8. The number of rotatable bonds is 8. The van der Waals surface area contributed by atoms with Gasteiger partial charge in [0.2, 0.25) is 0 Å². The summed E-state index contributed by atoms with van der Waals surface area (Å²) in [4.78, 5) is 0. The first-order chi connectivity index (χ1) is 10.7. The number of aliphatic hydroxyl groups is 2. The van der Waals surface area contributed by atoms with Gasteiger partial charge in [-0.3, -0.25) is 0 Å². The van der Waals surface area contributed by atoms with Crippen molar-refractivity contribution >= 4 is 0 Å². The monoisotopic (exact) mass is 304 g/mol. The largest absolute Gasteiger partial charge is 0.488 e. The fourth-order valence-electron chi connectivity index (χ4n) is 2.25. The van der Waals surface area contributed by atoms with Crippen molar-refractivity contribution in [2.45, 2.75) is 32.0 Å². The van der Waals surface area contributed by atoms with E-state index in [1.165, 1.54) is 12.1 Å². The molecule has 118 valence electrons. The molecule has 0 spiro atoms. The SMILES string of the molecule is OCCCCC(O)c1ccc(F)cc1OCc1ccccc1. The standard InChI is InChI=1S/C18H21FO3/c19-15-9-10-16(17(21)8-4-5-11-20)18(12-15)22-13-14-6-2-1-3-7-14/h1-3,6-7,9-10,12,17,20-21H,4-5,8,11,13H2. The molecule has 0 aliphatic rings. The lowest BCUT2D eigenvalue weighted by Crippen LogP contribution is -2.04. The third-order valence-corrected chi connectivity index (χ3v) is 3.46. The van der Waals surface area contributed by atoms with Crippen LogP contribution in [0.2, 0.25) is 0 Å². The Morgan fingerprint density at radius 1 is 1.05 bits per heavy atom. The fourth-order valence-corrected chi connectivity index (χ4v) is 2.25. The van der Waals surface area contributed by atoms with Crippen molar-refractivity contribution in [3.05, 3.63) is 65.5 Å². The maximum absolute atomic E-state index is 13.4. The van der Waals surface area contributed by atoms with Gasteiger partial charge in [0.1, 0.15) is 18.2 Å². The van der Waals surface area contributed by atoms with Gasteiger partial charge < -0.3 is 14.9 Å². The van der Waals surface area contributed by atoms with Crippen molar-refractivity contribution in [1.82, 2.24) is 0 Å². The molecule has 0 radical (unpaired) electrons. The second kappa shape index (κ2) is 8.51. The Labute approximate surface area is 130 Å². The van der Waals surface area contributed by atoms with Gasteiger partial charge in [-0.15, -0.1) is 0 Å². The van der Waals surface area contributed by atoms with E-state index in [-0.39, 0.29) is 6.61 Å². The molecule has 2 N–H and O–H groups in total. The lowest BCUT2D eigenvalue weighted by molar-refractivity contribution is 0.153. The Hall–Kier alpha value is -1.91. The topological polar surface area (TPSA) is 49.7 Å². The van der Waals surface area contributed by atoms with Crippen LogP contribution >= 0.6 is 0 Å². The van der Waals surface area contributed by atoms with Crippen molar-refractivity contribution in [3.63, 3.8) is 0 Å². The average molecular weight is 304 g/mol. The Kier molecular flexibility index (Phi) is 6.37. The molecule has 2 aromatic rings. The van der Waals surface area contributed by atoms with Crippen LogP contribution in [0.4, 0.5) is 4.39 Å². The van der Waals surface area contributed by atoms with Crippen molar-refractivity contribution < 1.29 is 19.3 Å². The van der Waals surface area contributed by atoms with Gasteiger partial charge in [0.05, 0.1) is 6.10 Å². The average Bonchev–Trinajstić information content (AvgIpc) is 2.54. The molecule has 0 saturated heterocycles. The smallest absolute Gasteiger partial charge is 0.128 e. The number of hydrogen-bond donors (Lipinski definition) is 2. The molecule has 0 saturated carbocycles. The maximum atomic E-state index is 13.4. The summed E-state index contributed by atoms with van der Waals surface area (Å²) in [6.07, 6.45) is 1.12. The Bertz CT molecular complexity index is 572. The Morgan fingerprint density at radius 2 is 1.82 bits per heavy atom. The van der Waals surface area contributed by atoms with Crippen LogP contribution in [0, 0.1) is 5.82 Å². The van der Waals surface area contributed by atoms with E-state index in [0.717, 1.165) is 5.56 Å². The van der Waals surface area contributed by atoms with E-state index in [4.69, 9.17) is 9.84 Å². The molecular formula is C18H21FO3. The van der Waals surface area contributed by atoms with E-state index in [2.05, 4.69) is 0 Å². The van der Waals surface area contributed by atoms with Crippen LogP contribution in [0.5, 0.6) is 5.75 Å². The fraction of sp³-hybridized carbons (Fsp3) is 0.333. The molecule has 0 heterocycles.